The highest BCUT2D eigenvalue weighted by atomic mass is 32.2. The Morgan fingerprint density at radius 1 is 1.22 bits per heavy atom. The molecule has 7 heteroatoms. The largest absolute Gasteiger partial charge is 0.481 e. The number of carboxylic acid groups (broad SMARTS) is 1. The van der Waals surface area contributed by atoms with Crippen LogP contribution in [0.3, 0.4) is 0 Å². The molecule has 0 aromatic carbocycles. The van der Waals surface area contributed by atoms with E-state index in [9.17, 15) is 18.0 Å². The average molecular weight is 287 g/mol. The van der Waals surface area contributed by atoms with Gasteiger partial charge in [0.05, 0.1) is 0 Å². The number of halogens is 3. The van der Waals surface area contributed by atoms with Gasteiger partial charge in [0.15, 0.2) is 0 Å². The van der Waals surface area contributed by atoms with Crippen molar-refractivity contribution in [3.63, 3.8) is 0 Å². The van der Waals surface area contributed by atoms with Gasteiger partial charge in [-0.15, -0.1) is 0 Å². The number of carboxylic acids is 1. The highest BCUT2D eigenvalue weighted by Crippen LogP contribution is 2.29. The number of nitrogens with one attached hydrogen (secondary N) is 1. The number of rotatable bonds is 9. The minimum atomic E-state index is -4.16. The van der Waals surface area contributed by atoms with Gasteiger partial charge in [-0.25, -0.2) is 0 Å². The van der Waals surface area contributed by atoms with Crippen LogP contribution in [-0.2, 0) is 4.79 Å². The average Bonchev–Trinajstić information content (AvgIpc) is 2.19. The third kappa shape index (κ3) is 12.0. The van der Waals surface area contributed by atoms with E-state index >= 15 is 0 Å². The van der Waals surface area contributed by atoms with Gasteiger partial charge in [-0.3, -0.25) is 4.79 Å². The van der Waals surface area contributed by atoms with Crippen molar-refractivity contribution in [1.82, 2.24) is 5.32 Å². The van der Waals surface area contributed by atoms with Crippen LogP contribution in [0.1, 0.15) is 33.1 Å². The fraction of sp³-hybridized carbons (Fsp3) is 0.909. The number of hydrogen-bond acceptors (Lipinski definition) is 3. The molecule has 0 aromatic rings. The first-order chi connectivity index (χ1) is 8.12. The molecule has 0 aromatic heterocycles. The predicted molar refractivity (Wildman–Crippen MR) is 66.7 cm³/mol. The Labute approximate surface area is 110 Å². The van der Waals surface area contributed by atoms with Gasteiger partial charge in [0.25, 0.3) is 0 Å². The first-order valence-corrected chi connectivity index (χ1v) is 6.74. The number of alkyl halides is 3. The number of hydrogen-bond donors (Lipinski definition) is 2. The molecule has 0 rings (SSSR count). The Hall–Kier alpha value is -0.430. The molecule has 0 bridgehead atoms. The van der Waals surface area contributed by atoms with Gasteiger partial charge in [-0.1, -0.05) is 13.8 Å². The topological polar surface area (TPSA) is 49.3 Å². The quantitative estimate of drug-likeness (QED) is 0.640. The highest BCUT2D eigenvalue weighted by Gasteiger charge is 2.27. The number of aliphatic carboxylic acids is 1. The molecule has 3 nitrogen and oxygen atoms in total. The van der Waals surface area contributed by atoms with Gasteiger partial charge in [-0.05, 0) is 36.6 Å². The molecule has 0 atom stereocenters. The molecular formula is C11H20F3NO2S. The van der Waals surface area contributed by atoms with Crippen molar-refractivity contribution < 1.29 is 23.1 Å². The van der Waals surface area contributed by atoms with Gasteiger partial charge < -0.3 is 10.4 Å². The third-order valence-corrected chi connectivity index (χ3v) is 3.27. The minimum Gasteiger partial charge on any atom is -0.481 e. The SMILES string of the molecule is CC(C)(CCNCCSC(F)(F)F)CCC(=O)O. The van der Waals surface area contributed by atoms with Crippen LogP contribution in [0.15, 0.2) is 0 Å². The van der Waals surface area contributed by atoms with E-state index in [2.05, 4.69) is 5.32 Å². The van der Waals surface area contributed by atoms with E-state index in [0.717, 1.165) is 6.42 Å². The van der Waals surface area contributed by atoms with E-state index in [4.69, 9.17) is 5.11 Å². The van der Waals surface area contributed by atoms with E-state index in [1.807, 2.05) is 13.8 Å². The maximum absolute atomic E-state index is 11.8. The molecule has 0 radical (unpaired) electrons. The van der Waals surface area contributed by atoms with E-state index in [1.165, 1.54) is 0 Å². The molecule has 0 spiro atoms. The summed E-state index contributed by atoms with van der Waals surface area (Å²) < 4.78 is 35.4. The zero-order valence-corrected chi connectivity index (χ0v) is 11.5. The molecule has 108 valence electrons. The van der Waals surface area contributed by atoms with Crippen molar-refractivity contribution in [2.45, 2.75) is 38.6 Å². The van der Waals surface area contributed by atoms with Crippen LogP contribution in [0.25, 0.3) is 0 Å². The van der Waals surface area contributed by atoms with Crippen molar-refractivity contribution >= 4 is 17.7 Å². The highest BCUT2D eigenvalue weighted by molar-refractivity contribution is 8.00. The summed E-state index contributed by atoms with van der Waals surface area (Å²) in [5.74, 6) is -0.823. The van der Waals surface area contributed by atoms with Gasteiger partial charge in [0, 0.05) is 18.7 Å². The standard InChI is InChI=1S/C11H20F3NO2S/c1-10(2,4-3-9(16)17)5-6-15-7-8-18-11(12,13)14/h15H,3-8H2,1-2H3,(H,16,17). The normalized spacial score (nSPS) is 12.7. The Bertz CT molecular complexity index is 257. The van der Waals surface area contributed by atoms with Gasteiger partial charge in [0.1, 0.15) is 0 Å². The van der Waals surface area contributed by atoms with Crippen molar-refractivity contribution in [3.8, 4) is 0 Å². The lowest BCUT2D eigenvalue weighted by Gasteiger charge is -2.23. The molecule has 0 amide bonds. The first kappa shape index (κ1) is 17.6. The lowest BCUT2D eigenvalue weighted by Crippen LogP contribution is -2.25. The third-order valence-electron chi connectivity index (χ3n) is 2.54. The summed E-state index contributed by atoms with van der Waals surface area (Å²) in [6.45, 7) is 4.83. The molecule has 0 saturated carbocycles. The molecule has 18 heavy (non-hydrogen) atoms. The summed E-state index contributed by atoms with van der Waals surface area (Å²) in [6, 6.07) is 0. The summed E-state index contributed by atoms with van der Waals surface area (Å²) in [4.78, 5) is 10.4. The van der Waals surface area contributed by atoms with Gasteiger partial charge in [0.2, 0.25) is 0 Å². The second-order valence-electron chi connectivity index (χ2n) is 4.85. The van der Waals surface area contributed by atoms with Crippen LogP contribution in [0.4, 0.5) is 13.2 Å². The van der Waals surface area contributed by atoms with Gasteiger partial charge in [-0.2, -0.15) is 13.2 Å². The molecule has 0 aliphatic heterocycles. The van der Waals surface area contributed by atoms with Crippen LogP contribution >= 0.6 is 11.8 Å². The van der Waals surface area contributed by atoms with Crippen LogP contribution in [-0.4, -0.2) is 35.4 Å². The summed E-state index contributed by atoms with van der Waals surface area (Å²) in [5, 5.41) is 11.5. The summed E-state index contributed by atoms with van der Waals surface area (Å²) in [7, 11) is 0. The molecule has 0 saturated heterocycles. The summed E-state index contributed by atoms with van der Waals surface area (Å²) in [5.41, 5.74) is -4.27. The minimum absolute atomic E-state index is 0.000938. The molecule has 2 N–H and O–H groups in total. The van der Waals surface area contributed by atoms with Crippen LogP contribution in [0.2, 0.25) is 0 Å². The van der Waals surface area contributed by atoms with Crippen molar-refractivity contribution in [3.05, 3.63) is 0 Å². The second kappa shape index (κ2) is 7.89. The smallest absolute Gasteiger partial charge is 0.441 e. The molecular weight excluding hydrogens is 267 g/mol. The molecule has 0 unspecified atom stereocenters. The van der Waals surface area contributed by atoms with Gasteiger partial charge >= 0.3 is 11.5 Å². The Morgan fingerprint density at radius 2 is 1.83 bits per heavy atom. The van der Waals surface area contributed by atoms with E-state index in [1.54, 1.807) is 0 Å². The lowest BCUT2D eigenvalue weighted by molar-refractivity contribution is -0.137. The first-order valence-electron chi connectivity index (χ1n) is 5.76. The second-order valence-corrected chi connectivity index (χ2v) is 6.01. The maximum Gasteiger partial charge on any atom is 0.441 e. The zero-order chi connectivity index (χ0) is 14.2. The van der Waals surface area contributed by atoms with Crippen LogP contribution < -0.4 is 5.32 Å². The van der Waals surface area contributed by atoms with Crippen LogP contribution in [0.5, 0.6) is 0 Å². The fourth-order valence-electron chi connectivity index (χ4n) is 1.36. The predicted octanol–water partition coefficient (Wildman–Crippen LogP) is 3.11. The Balaban J connectivity index is 3.55. The number of carbonyl (C=O) groups is 1. The molecule has 0 fully saturated rings. The Kier molecular flexibility index (Phi) is 7.70. The van der Waals surface area contributed by atoms with Crippen molar-refractivity contribution in [1.29, 1.82) is 0 Å². The summed E-state index contributed by atoms with van der Waals surface area (Å²) >= 11 is -0.0345. The molecule has 0 aliphatic rings. The molecule has 0 aliphatic carbocycles. The van der Waals surface area contributed by atoms with E-state index < -0.39 is 11.5 Å². The van der Waals surface area contributed by atoms with Crippen molar-refractivity contribution in [2.24, 2.45) is 5.41 Å². The monoisotopic (exact) mass is 287 g/mol. The fourth-order valence-corrected chi connectivity index (χ4v) is 1.84. The van der Waals surface area contributed by atoms with E-state index in [0.29, 0.717) is 19.5 Å². The lowest BCUT2D eigenvalue weighted by atomic mass is 9.84. The summed E-state index contributed by atoms with van der Waals surface area (Å²) in [6.07, 6.45) is 1.44. The Morgan fingerprint density at radius 3 is 2.33 bits per heavy atom. The zero-order valence-electron chi connectivity index (χ0n) is 10.6. The maximum atomic E-state index is 11.8. The molecule has 0 heterocycles. The van der Waals surface area contributed by atoms with Crippen molar-refractivity contribution in [2.75, 3.05) is 18.8 Å². The van der Waals surface area contributed by atoms with Crippen LogP contribution in [0, 0.1) is 5.41 Å². The van der Waals surface area contributed by atoms with E-state index in [-0.39, 0.29) is 29.4 Å². The number of thioether (sulfide) groups is 1.